The first-order valence-electron chi connectivity index (χ1n) is 6.32. The largest absolute Gasteiger partial charge is 0.361 e. The maximum Gasteiger partial charge on any atom is 0.274 e. The van der Waals surface area contributed by atoms with Crippen molar-refractivity contribution in [1.29, 1.82) is 5.26 Å². The number of nitriles is 1. The Balaban J connectivity index is 2.10. The van der Waals surface area contributed by atoms with E-state index in [4.69, 9.17) is 4.52 Å². The first-order valence-corrected chi connectivity index (χ1v) is 6.32. The Bertz CT molecular complexity index is 465. The van der Waals surface area contributed by atoms with Gasteiger partial charge in [0.1, 0.15) is 11.3 Å². The number of carbonyl (C=O) groups is 1. The Kier molecular flexibility index (Phi) is 3.66. The molecule has 1 aromatic rings. The van der Waals surface area contributed by atoms with E-state index >= 15 is 0 Å². The fraction of sp³-hybridized carbons (Fsp3) is 0.615. The van der Waals surface area contributed by atoms with Crippen LogP contribution in [0.1, 0.15) is 54.8 Å². The van der Waals surface area contributed by atoms with Gasteiger partial charge in [0.05, 0.1) is 6.07 Å². The minimum absolute atomic E-state index is 0.242. The molecule has 1 heterocycles. The molecule has 1 amide bonds. The van der Waals surface area contributed by atoms with Crippen LogP contribution in [0.5, 0.6) is 0 Å². The Morgan fingerprint density at radius 3 is 2.61 bits per heavy atom. The van der Waals surface area contributed by atoms with E-state index in [0.29, 0.717) is 18.6 Å². The van der Waals surface area contributed by atoms with Crippen molar-refractivity contribution in [2.75, 3.05) is 0 Å². The molecule has 0 aromatic carbocycles. The molecule has 18 heavy (non-hydrogen) atoms. The summed E-state index contributed by atoms with van der Waals surface area (Å²) in [6, 6.07) is 3.86. The third-order valence-corrected chi connectivity index (χ3v) is 3.38. The fourth-order valence-corrected chi connectivity index (χ4v) is 2.35. The van der Waals surface area contributed by atoms with Crippen molar-refractivity contribution in [2.24, 2.45) is 0 Å². The number of nitrogens with zero attached hydrogens (tertiary/aromatic N) is 2. The summed E-state index contributed by atoms with van der Waals surface area (Å²) in [6.07, 6.45) is 5.64. The third-order valence-electron chi connectivity index (χ3n) is 3.38. The lowest BCUT2D eigenvalue weighted by Crippen LogP contribution is -2.47. The molecule has 0 bridgehead atoms. The van der Waals surface area contributed by atoms with Gasteiger partial charge >= 0.3 is 0 Å². The van der Waals surface area contributed by atoms with Crippen molar-refractivity contribution in [3.63, 3.8) is 0 Å². The number of aryl methyl sites for hydroxylation is 1. The van der Waals surface area contributed by atoms with E-state index in [0.717, 1.165) is 25.7 Å². The van der Waals surface area contributed by atoms with Crippen LogP contribution < -0.4 is 5.32 Å². The normalized spacial score (nSPS) is 18.7. The molecule has 0 saturated heterocycles. The van der Waals surface area contributed by atoms with Gasteiger partial charge in [0.15, 0.2) is 5.69 Å². The minimum atomic E-state index is -0.736. The van der Waals surface area contributed by atoms with Gasteiger partial charge in [-0.25, -0.2) is 0 Å². The van der Waals surface area contributed by atoms with Gasteiger partial charge in [0.2, 0.25) is 0 Å². The topological polar surface area (TPSA) is 78.9 Å². The summed E-state index contributed by atoms with van der Waals surface area (Å²) < 4.78 is 4.87. The van der Waals surface area contributed by atoms with Crippen molar-refractivity contribution < 1.29 is 9.32 Å². The van der Waals surface area contributed by atoms with Gasteiger partial charge in [0.25, 0.3) is 5.91 Å². The summed E-state index contributed by atoms with van der Waals surface area (Å²) in [4.78, 5) is 12.0. The summed E-state index contributed by atoms with van der Waals surface area (Å²) >= 11 is 0. The lowest BCUT2D eigenvalue weighted by Gasteiger charge is -2.25. The highest BCUT2D eigenvalue weighted by Crippen LogP contribution is 2.26. The quantitative estimate of drug-likeness (QED) is 0.813. The zero-order valence-electron chi connectivity index (χ0n) is 10.5. The van der Waals surface area contributed by atoms with Gasteiger partial charge in [-0.3, -0.25) is 4.79 Å². The molecule has 1 N–H and O–H groups in total. The van der Waals surface area contributed by atoms with E-state index in [1.165, 1.54) is 0 Å². The average molecular weight is 247 g/mol. The van der Waals surface area contributed by atoms with E-state index in [-0.39, 0.29) is 11.6 Å². The number of carbonyl (C=O) groups excluding carboxylic acids is 1. The SMILES string of the molecule is Cc1cc(C(=O)NC2(C#N)CCCCCC2)no1. The molecule has 0 spiro atoms. The van der Waals surface area contributed by atoms with E-state index in [1.807, 2.05) is 0 Å². The summed E-state index contributed by atoms with van der Waals surface area (Å²) in [5, 5.41) is 15.9. The zero-order chi connectivity index (χ0) is 13.0. The number of nitrogens with one attached hydrogen (secondary N) is 1. The molecule has 1 aromatic heterocycles. The average Bonchev–Trinajstić information content (AvgIpc) is 2.66. The molecule has 96 valence electrons. The Hall–Kier alpha value is -1.83. The van der Waals surface area contributed by atoms with Gasteiger partial charge in [-0.05, 0) is 19.8 Å². The number of aromatic nitrogens is 1. The Labute approximate surface area is 106 Å². The predicted octanol–water partition coefficient (Wildman–Crippen LogP) is 2.33. The predicted molar refractivity (Wildman–Crippen MR) is 64.8 cm³/mol. The summed E-state index contributed by atoms with van der Waals surface area (Å²) in [5.74, 6) is 0.266. The zero-order valence-corrected chi connectivity index (χ0v) is 10.5. The van der Waals surface area contributed by atoms with Crippen LogP contribution in [0, 0.1) is 18.3 Å². The second-order valence-electron chi connectivity index (χ2n) is 4.89. The highest BCUT2D eigenvalue weighted by molar-refractivity contribution is 5.93. The molecule has 0 aliphatic heterocycles. The van der Waals surface area contributed by atoms with Crippen molar-refractivity contribution in [1.82, 2.24) is 10.5 Å². The Morgan fingerprint density at radius 2 is 2.11 bits per heavy atom. The van der Waals surface area contributed by atoms with E-state index in [1.54, 1.807) is 13.0 Å². The molecule has 0 radical (unpaired) electrons. The van der Waals surface area contributed by atoms with Gasteiger partial charge in [-0.2, -0.15) is 5.26 Å². The third kappa shape index (κ3) is 2.70. The van der Waals surface area contributed by atoms with Gasteiger partial charge in [-0.15, -0.1) is 0 Å². The molecule has 1 fully saturated rings. The molecule has 5 nitrogen and oxygen atoms in total. The highest BCUT2D eigenvalue weighted by atomic mass is 16.5. The summed E-state index contributed by atoms with van der Waals surface area (Å²) in [7, 11) is 0. The van der Waals surface area contributed by atoms with Crippen molar-refractivity contribution in [3.8, 4) is 6.07 Å². The molecule has 1 aliphatic rings. The smallest absolute Gasteiger partial charge is 0.274 e. The van der Waals surface area contributed by atoms with Crippen LogP contribution in [0.25, 0.3) is 0 Å². The van der Waals surface area contributed by atoms with Crippen molar-refractivity contribution in [2.45, 2.75) is 51.0 Å². The van der Waals surface area contributed by atoms with Gasteiger partial charge < -0.3 is 9.84 Å². The number of amides is 1. The van der Waals surface area contributed by atoms with Gasteiger partial charge in [0, 0.05) is 6.07 Å². The molecule has 2 rings (SSSR count). The maximum absolute atomic E-state index is 12.0. The summed E-state index contributed by atoms with van der Waals surface area (Å²) in [5.41, 5.74) is -0.494. The van der Waals surface area contributed by atoms with Crippen LogP contribution in [-0.4, -0.2) is 16.6 Å². The molecule has 0 atom stereocenters. The highest BCUT2D eigenvalue weighted by Gasteiger charge is 2.33. The van der Waals surface area contributed by atoms with Crippen LogP contribution in [0.4, 0.5) is 0 Å². The molecular weight excluding hydrogens is 230 g/mol. The first-order chi connectivity index (χ1) is 8.65. The Morgan fingerprint density at radius 1 is 1.44 bits per heavy atom. The van der Waals surface area contributed by atoms with E-state index < -0.39 is 5.54 Å². The molecular formula is C13H17N3O2. The first kappa shape index (κ1) is 12.6. The minimum Gasteiger partial charge on any atom is -0.361 e. The van der Waals surface area contributed by atoms with Crippen LogP contribution in [0.3, 0.4) is 0 Å². The lowest BCUT2D eigenvalue weighted by atomic mass is 9.91. The fourth-order valence-electron chi connectivity index (χ4n) is 2.35. The van der Waals surface area contributed by atoms with Gasteiger partial charge in [-0.1, -0.05) is 30.8 Å². The maximum atomic E-state index is 12.0. The second kappa shape index (κ2) is 5.21. The molecule has 1 aliphatic carbocycles. The number of rotatable bonds is 2. The van der Waals surface area contributed by atoms with Crippen LogP contribution in [-0.2, 0) is 0 Å². The number of hydrogen-bond acceptors (Lipinski definition) is 4. The molecule has 1 saturated carbocycles. The van der Waals surface area contributed by atoms with E-state index in [9.17, 15) is 10.1 Å². The lowest BCUT2D eigenvalue weighted by molar-refractivity contribution is 0.0903. The van der Waals surface area contributed by atoms with Crippen LogP contribution in [0.2, 0.25) is 0 Å². The van der Waals surface area contributed by atoms with Crippen LogP contribution >= 0.6 is 0 Å². The molecule has 5 heteroatoms. The van der Waals surface area contributed by atoms with Crippen molar-refractivity contribution >= 4 is 5.91 Å². The standard InChI is InChI=1S/C13H17N3O2/c1-10-8-11(16-18-10)12(17)15-13(9-14)6-4-2-3-5-7-13/h8H,2-7H2,1H3,(H,15,17). The molecule has 0 unspecified atom stereocenters. The van der Waals surface area contributed by atoms with Crippen molar-refractivity contribution in [3.05, 3.63) is 17.5 Å². The second-order valence-corrected chi connectivity index (χ2v) is 4.89. The van der Waals surface area contributed by atoms with Crippen LogP contribution in [0.15, 0.2) is 10.6 Å². The van der Waals surface area contributed by atoms with E-state index in [2.05, 4.69) is 16.5 Å². The monoisotopic (exact) mass is 247 g/mol. The summed E-state index contributed by atoms with van der Waals surface area (Å²) in [6.45, 7) is 1.73. The number of hydrogen-bond donors (Lipinski definition) is 1.